The van der Waals surface area contributed by atoms with Gasteiger partial charge in [0.05, 0.1) is 6.61 Å². The number of aliphatic hydroxyl groups excluding tert-OH is 1. The number of hydrogen-bond donors (Lipinski definition) is 2. The minimum Gasteiger partial charge on any atom is -0.463 e. The van der Waals surface area contributed by atoms with Crippen molar-refractivity contribution in [2.45, 2.75) is 19.4 Å². The van der Waals surface area contributed by atoms with Crippen LogP contribution in [0.1, 0.15) is 13.3 Å². The molecular formula is C8H17NO4. The molecule has 0 aromatic rings. The third-order valence-corrected chi connectivity index (χ3v) is 1.28. The van der Waals surface area contributed by atoms with Crippen molar-refractivity contribution < 1.29 is 19.4 Å². The number of nitrogens with two attached hydrogens (primary N) is 1. The van der Waals surface area contributed by atoms with Gasteiger partial charge in [0.2, 0.25) is 0 Å². The first-order valence-corrected chi connectivity index (χ1v) is 4.26. The summed E-state index contributed by atoms with van der Waals surface area (Å²) in [6.07, 6.45) is 0.0157. The zero-order valence-electron chi connectivity index (χ0n) is 7.86. The van der Waals surface area contributed by atoms with Gasteiger partial charge in [-0.1, -0.05) is 0 Å². The number of esters is 1. The average molecular weight is 191 g/mol. The van der Waals surface area contributed by atoms with Crippen molar-refractivity contribution in [2.24, 2.45) is 5.73 Å². The quantitative estimate of drug-likeness (QED) is 0.410. The molecule has 3 N–H and O–H groups in total. The molecule has 1 atom stereocenters. The molecule has 0 bridgehead atoms. The fraction of sp³-hybridized carbons (Fsp3) is 0.875. The van der Waals surface area contributed by atoms with Crippen LogP contribution in [0.5, 0.6) is 0 Å². The molecule has 0 saturated heterocycles. The van der Waals surface area contributed by atoms with Crippen LogP contribution in [0, 0.1) is 0 Å². The molecule has 0 fully saturated rings. The van der Waals surface area contributed by atoms with Crippen molar-refractivity contribution in [2.75, 3.05) is 26.4 Å². The minimum absolute atomic E-state index is 0.0159. The summed E-state index contributed by atoms with van der Waals surface area (Å²) in [5.74, 6) is -0.402. The van der Waals surface area contributed by atoms with Gasteiger partial charge in [-0.25, -0.2) is 0 Å². The topological polar surface area (TPSA) is 81.8 Å². The Morgan fingerprint density at radius 2 is 2.23 bits per heavy atom. The molecule has 0 spiro atoms. The molecule has 0 saturated carbocycles. The van der Waals surface area contributed by atoms with Crippen molar-refractivity contribution in [3.8, 4) is 0 Å². The van der Waals surface area contributed by atoms with E-state index in [1.165, 1.54) is 6.92 Å². The van der Waals surface area contributed by atoms with Crippen LogP contribution in [0.2, 0.25) is 0 Å². The summed E-state index contributed by atoms with van der Waals surface area (Å²) < 4.78 is 9.61. The lowest BCUT2D eigenvalue weighted by atomic mass is 10.4. The second-order valence-corrected chi connectivity index (χ2v) is 2.67. The Kier molecular flexibility index (Phi) is 7.57. The standard InChI is InChI=1S/C8H17NO4/c1-7(10)13-6-8(11)5-12-4-2-3-9/h8,11H,2-6,9H2,1H3. The molecule has 0 radical (unpaired) electrons. The zero-order chi connectivity index (χ0) is 10.1. The summed E-state index contributed by atoms with van der Waals surface area (Å²) in [5.41, 5.74) is 5.23. The van der Waals surface area contributed by atoms with Crippen molar-refractivity contribution >= 4 is 5.97 Å². The average Bonchev–Trinajstić information content (AvgIpc) is 2.09. The Morgan fingerprint density at radius 3 is 2.77 bits per heavy atom. The first-order chi connectivity index (χ1) is 6.16. The van der Waals surface area contributed by atoms with Crippen molar-refractivity contribution in [3.05, 3.63) is 0 Å². The molecule has 0 heterocycles. The van der Waals surface area contributed by atoms with Crippen LogP contribution in [0.25, 0.3) is 0 Å². The largest absolute Gasteiger partial charge is 0.463 e. The number of carbonyl (C=O) groups is 1. The molecule has 0 aliphatic heterocycles. The number of rotatable bonds is 7. The van der Waals surface area contributed by atoms with Crippen molar-refractivity contribution in [1.29, 1.82) is 0 Å². The highest BCUT2D eigenvalue weighted by atomic mass is 16.5. The van der Waals surface area contributed by atoms with Crippen LogP contribution in [0.3, 0.4) is 0 Å². The molecule has 0 aromatic carbocycles. The maximum absolute atomic E-state index is 10.3. The van der Waals surface area contributed by atoms with Gasteiger partial charge in [0.1, 0.15) is 12.7 Å². The van der Waals surface area contributed by atoms with E-state index in [1.54, 1.807) is 0 Å². The van der Waals surface area contributed by atoms with E-state index >= 15 is 0 Å². The van der Waals surface area contributed by atoms with Crippen LogP contribution in [-0.2, 0) is 14.3 Å². The third kappa shape index (κ3) is 9.26. The first-order valence-electron chi connectivity index (χ1n) is 4.26. The Hall–Kier alpha value is -0.650. The van der Waals surface area contributed by atoms with Gasteiger partial charge >= 0.3 is 5.97 Å². The summed E-state index contributed by atoms with van der Waals surface area (Å²) in [6, 6.07) is 0. The normalized spacial score (nSPS) is 12.5. The smallest absolute Gasteiger partial charge is 0.302 e. The van der Waals surface area contributed by atoms with E-state index in [1.807, 2.05) is 0 Å². The molecule has 0 rings (SSSR count). The number of hydrogen-bond acceptors (Lipinski definition) is 5. The van der Waals surface area contributed by atoms with Crippen LogP contribution in [-0.4, -0.2) is 43.5 Å². The van der Waals surface area contributed by atoms with E-state index in [4.69, 9.17) is 15.6 Å². The van der Waals surface area contributed by atoms with Gasteiger partial charge < -0.3 is 20.3 Å². The maximum Gasteiger partial charge on any atom is 0.302 e. The van der Waals surface area contributed by atoms with Gasteiger partial charge in [0.15, 0.2) is 0 Å². The van der Waals surface area contributed by atoms with E-state index in [-0.39, 0.29) is 13.2 Å². The fourth-order valence-corrected chi connectivity index (χ4v) is 0.666. The maximum atomic E-state index is 10.3. The van der Waals surface area contributed by atoms with Crippen LogP contribution < -0.4 is 5.73 Å². The third-order valence-electron chi connectivity index (χ3n) is 1.28. The van der Waals surface area contributed by atoms with Crippen LogP contribution in [0.15, 0.2) is 0 Å². The lowest BCUT2D eigenvalue weighted by Gasteiger charge is -2.10. The molecular weight excluding hydrogens is 174 g/mol. The predicted molar refractivity (Wildman–Crippen MR) is 47.1 cm³/mol. The number of aliphatic hydroxyl groups is 1. The summed E-state index contributed by atoms with van der Waals surface area (Å²) in [5, 5.41) is 9.16. The van der Waals surface area contributed by atoms with Gasteiger partial charge in [-0.05, 0) is 13.0 Å². The summed E-state index contributed by atoms with van der Waals surface area (Å²) >= 11 is 0. The van der Waals surface area contributed by atoms with Gasteiger partial charge in [-0.2, -0.15) is 0 Å². The molecule has 0 aliphatic rings. The number of carbonyl (C=O) groups excluding carboxylic acids is 1. The Balaban J connectivity index is 3.19. The molecule has 0 aromatic heterocycles. The summed E-state index contributed by atoms with van der Waals surface area (Å²) in [7, 11) is 0. The molecule has 1 unspecified atom stereocenters. The SMILES string of the molecule is CC(=O)OCC(O)COCCCN. The van der Waals surface area contributed by atoms with Gasteiger partial charge in [-0.3, -0.25) is 4.79 Å². The zero-order valence-corrected chi connectivity index (χ0v) is 7.86. The van der Waals surface area contributed by atoms with Gasteiger partial charge in [-0.15, -0.1) is 0 Å². The monoisotopic (exact) mass is 191 g/mol. The van der Waals surface area contributed by atoms with Crippen molar-refractivity contribution in [1.82, 2.24) is 0 Å². The Labute approximate surface area is 77.8 Å². The first kappa shape index (κ1) is 12.3. The van der Waals surface area contributed by atoms with E-state index < -0.39 is 12.1 Å². The second kappa shape index (κ2) is 7.97. The fourth-order valence-electron chi connectivity index (χ4n) is 0.666. The highest BCUT2D eigenvalue weighted by Crippen LogP contribution is 1.89. The Bertz CT molecular complexity index is 140. The van der Waals surface area contributed by atoms with Gasteiger partial charge in [0.25, 0.3) is 0 Å². The highest BCUT2D eigenvalue weighted by Gasteiger charge is 2.05. The van der Waals surface area contributed by atoms with E-state index in [9.17, 15) is 4.79 Å². The van der Waals surface area contributed by atoms with E-state index in [0.29, 0.717) is 13.2 Å². The minimum atomic E-state index is -0.748. The van der Waals surface area contributed by atoms with Crippen LogP contribution in [0.4, 0.5) is 0 Å². The number of ether oxygens (including phenoxy) is 2. The second-order valence-electron chi connectivity index (χ2n) is 2.67. The van der Waals surface area contributed by atoms with Crippen LogP contribution >= 0.6 is 0 Å². The Morgan fingerprint density at radius 1 is 1.54 bits per heavy atom. The lowest BCUT2D eigenvalue weighted by Crippen LogP contribution is -2.23. The predicted octanol–water partition coefficient (Wildman–Crippen LogP) is -0.724. The highest BCUT2D eigenvalue weighted by molar-refractivity contribution is 5.65. The summed E-state index contributed by atoms with van der Waals surface area (Å²) in [4.78, 5) is 10.3. The lowest BCUT2D eigenvalue weighted by molar-refractivity contribution is -0.145. The van der Waals surface area contributed by atoms with Crippen molar-refractivity contribution in [3.63, 3.8) is 0 Å². The molecule has 13 heavy (non-hydrogen) atoms. The molecule has 0 amide bonds. The van der Waals surface area contributed by atoms with Gasteiger partial charge in [0, 0.05) is 13.5 Å². The molecule has 5 heteroatoms. The van der Waals surface area contributed by atoms with E-state index in [0.717, 1.165) is 6.42 Å². The summed E-state index contributed by atoms with van der Waals surface area (Å²) in [6.45, 7) is 2.54. The molecule has 5 nitrogen and oxygen atoms in total. The molecule has 0 aliphatic carbocycles. The van der Waals surface area contributed by atoms with E-state index in [2.05, 4.69) is 4.74 Å². The molecule has 78 valence electrons.